The van der Waals surface area contributed by atoms with E-state index >= 15 is 0 Å². The molecule has 1 aromatic rings. The van der Waals surface area contributed by atoms with E-state index in [-0.39, 0.29) is 11.3 Å². The maximum absolute atomic E-state index is 7.89. The molecule has 15 heavy (non-hydrogen) atoms. The second-order valence-electron chi connectivity index (χ2n) is 2.68. The fraction of sp³-hybridized carbons (Fsp3) is 0.455. The summed E-state index contributed by atoms with van der Waals surface area (Å²) in [5.41, 5.74) is 5.31. The van der Waals surface area contributed by atoms with E-state index in [4.69, 9.17) is 20.7 Å². The third-order valence-corrected chi connectivity index (χ3v) is 2.67. The first-order valence-corrected chi connectivity index (χ1v) is 5.51. The van der Waals surface area contributed by atoms with Crippen LogP contribution >= 0.6 is 11.8 Å². The number of rotatable bonds is 5. The van der Waals surface area contributed by atoms with Gasteiger partial charge in [-0.15, -0.1) is 11.8 Å². The van der Waals surface area contributed by atoms with Crippen LogP contribution in [-0.2, 0) is 6.37 Å². The fourth-order valence-electron chi connectivity index (χ4n) is 1.20. The normalized spacial score (nSPS) is 16.0. The van der Waals surface area contributed by atoms with Gasteiger partial charge in [0.05, 0.1) is 19.1 Å². The summed E-state index contributed by atoms with van der Waals surface area (Å²) in [5, 5.41) is 0. The van der Waals surface area contributed by atoms with Crippen molar-refractivity contribution in [1.82, 2.24) is 0 Å². The minimum absolute atomic E-state index is 0.0251. The second-order valence-corrected chi connectivity index (χ2v) is 3.52. The lowest BCUT2D eigenvalue weighted by Gasteiger charge is -2.13. The van der Waals surface area contributed by atoms with Crippen LogP contribution in [0.15, 0.2) is 17.0 Å². The van der Waals surface area contributed by atoms with E-state index in [1.54, 1.807) is 6.07 Å². The molecule has 0 aliphatic carbocycles. The Hall–Kier alpha value is -0.870. The number of thioether (sulfide) groups is 1. The lowest BCUT2D eigenvalue weighted by atomic mass is 10.1. The largest absolute Gasteiger partial charge is 0.496 e. The Labute approximate surface area is 101 Å². The van der Waals surface area contributed by atoms with Crippen molar-refractivity contribution < 1.29 is 15.0 Å². The highest BCUT2D eigenvalue weighted by atomic mass is 32.2. The van der Waals surface area contributed by atoms with Gasteiger partial charge in [-0.3, -0.25) is 0 Å². The molecular formula is C11H17NO2S. The van der Waals surface area contributed by atoms with Crippen LogP contribution < -0.4 is 15.2 Å². The standard InChI is InChI=1S/C11H17NO2S/c1-13-9-7-11(15-3)10(14-2)6-8(9)4-5-12/h6-7H,4-5,12H2,1-3H3/i4D2,5D2. The molecule has 0 spiro atoms. The molecule has 0 saturated heterocycles. The van der Waals surface area contributed by atoms with Gasteiger partial charge in [0.2, 0.25) is 0 Å². The lowest BCUT2D eigenvalue weighted by Crippen LogP contribution is -2.05. The molecule has 0 bridgehead atoms. The summed E-state index contributed by atoms with van der Waals surface area (Å²) in [4.78, 5) is 0.775. The number of nitrogens with two attached hydrogens (primary N) is 1. The number of benzene rings is 1. The van der Waals surface area contributed by atoms with Crippen LogP contribution in [0.2, 0.25) is 0 Å². The molecule has 4 heteroatoms. The summed E-state index contributed by atoms with van der Waals surface area (Å²) in [6, 6.07) is 3.04. The Morgan fingerprint density at radius 1 is 1.33 bits per heavy atom. The van der Waals surface area contributed by atoms with Gasteiger partial charge in [0.25, 0.3) is 0 Å². The van der Waals surface area contributed by atoms with Gasteiger partial charge in [0, 0.05) is 5.48 Å². The zero-order valence-electron chi connectivity index (χ0n) is 13.0. The second kappa shape index (κ2) is 5.88. The topological polar surface area (TPSA) is 44.5 Å². The van der Waals surface area contributed by atoms with Gasteiger partial charge >= 0.3 is 0 Å². The maximum atomic E-state index is 7.89. The first-order valence-electron chi connectivity index (χ1n) is 6.28. The van der Waals surface area contributed by atoms with Crippen molar-refractivity contribution in [1.29, 1.82) is 0 Å². The summed E-state index contributed by atoms with van der Waals surface area (Å²) in [6.07, 6.45) is -0.545. The summed E-state index contributed by atoms with van der Waals surface area (Å²) in [7, 11) is 2.87. The molecule has 0 radical (unpaired) electrons. The van der Waals surface area contributed by atoms with E-state index in [9.17, 15) is 0 Å². The van der Waals surface area contributed by atoms with Crippen molar-refractivity contribution in [3.63, 3.8) is 0 Å². The number of hydrogen-bond donors (Lipinski definition) is 1. The summed E-state index contributed by atoms with van der Waals surface area (Å²) in [5.74, 6) is 0.695. The monoisotopic (exact) mass is 231 g/mol. The quantitative estimate of drug-likeness (QED) is 0.786. The van der Waals surface area contributed by atoms with Gasteiger partial charge < -0.3 is 15.2 Å². The minimum atomic E-state index is -2.54. The van der Waals surface area contributed by atoms with Crippen molar-refractivity contribution >= 4 is 11.8 Å². The molecule has 0 atom stereocenters. The Balaban J connectivity index is 3.50. The molecule has 2 N–H and O–H groups in total. The Morgan fingerprint density at radius 3 is 2.47 bits per heavy atom. The number of hydrogen-bond acceptors (Lipinski definition) is 4. The van der Waals surface area contributed by atoms with Crippen molar-refractivity contribution in [3.8, 4) is 11.5 Å². The van der Waals surface area contributed by atoms with Crippen LogP contribution in [0.3, 0.4) is 0 Å². The van der Waals surface area contributed by atoms with Crippen molar-refractivity contribution in [2.45, 2.75) is 11.3 Å². The SMILES string of the molecule is [2H]C([2H])(N)C([2H])([2H])c1cc(OC)c(SC)cc1OC. The molecule has 0 amide bonds. The molecule has 0 saturated carbocycles. The summed E-state index contributed by atoms with van der Waals surface area (Å²) >= 11 is 1.42. The van der Waals surface area contributed by atoms with E-state index in [0.717, 1.165) is 4.90 Å². The van der Waals surface area contributed by atoms with E-state index < -0.39 is 12.9 Å². The van der Waals surface area contributed by atoms with E-state index in [0.29, 0.717) is 5.75 Å². The molecule has 0 fully saturated rings. The highest BCUT2D eigenvalue weighted by Crippen LogP contribution is 2.34. The van der Waals surface area contributed by atoms with Crippen LogP contribution in [0.4, 0.5) is 0 Å². The molecule has 0 aromatic heterocycles. The van der Waals surface area contributed by atoms with Gasteiger partial charge in [-0.25, -0.2) is 0 Å². The molecule has 0 heterocycles. The summed E-state index contributed by atoms with van der Waals surface area (Å²) < 4.78 is 41.0. The molecule has 0 aliphatic heterocycles. The molecule has 3 nitrogen and oxygen atoms in total. The number of aryl methyl sites for hydroxylation is 1. The predicted molar refractivity (Wildman–Crippen MR) is 64.1 cm³/mol. The van der Waals surface area contributed by atoms with Gasteiger partial charge in [0.1, 0.15) is 11.5 Å². The zero-order chi connectivity index (χ0) is 14.8. The van der Waals surface area contributed by atoms with Gasteiger partial charge in [-0.05, 0) is 36.8 Å². The molecule has 1 aromatic carbocycles. The molecule has 84 valence electrons. The van der Waals surface area contributed by atoms with Crippen LogP contribution in [0.1, 0.15) is 11.0 Å². The Kier molecular flexibility index (Phi) is 2.90. The van der Waals surface area contributed by atoms with Crippen LogP contribution in [0.25, 0.3) is 0 Å². The first-order chi connectivity index (χ1) is 8.68. The first kappa shape index (κ1) is 7.41. The average Bonchev–Trinajstić information content (AvgIpc) is 2.35. The Bertz CT molecular complexity index is 463. The molecule has 0 unspecified atom stereocenters. The number of ether oxygens (including phenoxy) is 2. The third kappa shape index (κ3) is 2.79. The van der Waals surface area contributed by atoms with Crippen molar-refractivity contribution in [2.75, 3.05) is 27.0 Å². The minimum Gasteiger partial charge on any atom is -0.496 e. The smallest absolute Gasteiger partial charge is 0.132 e. The molecular weight excluding hydrogens is 210 g/mol. The third-order valence-electron chi connectivity index (χ3n) is 1.91. The van der Waals surface area contributed by atoms with Gasteiger partial charge in [-0.2, -0.15) is 0 Å². The average molecular weight is 231 g/mol. The van der Waals surface area contributed by atoms with E-state index in [1.165, 1.54) is 32.0 Å². The zero-order valence-corrected chi connectivity index (χ0v) is 9.77. The fourth-order valence-corrected chi connectivity index (χ4v) is 1.77. The van der Waals surface area contributed by atoms with Crippen molar-refractivity contribution in [2.24, 2.45) is 5.73 Å². The predicted octanol–water partition coefficient (Wildman–Crippen LogP) is 1.93. The highest BCUT2D eigenvalue weighted by Gasteiger charge is 2.09. The molecule has 0 aliphatic rings. The van der Waals surface area contributed by atoms with Gasteiger partial charge in [-0.1, -0.05) is 0 Å². The van der Waals surface area contributed by atoms with Gasteiger partial charge in [0.15, 0.2) is 0 Å². The Morgan fingerprint density at radius 2 is 2.00 bits per heavy atom. The molecule has 1 rings (SSSR count). The maximum Gasteiger partial charge on any atom is 0.132 e. The van der Waals surface area contributed by atoms with E-state index in [1.807, 2.05) is 6.26 Å². The van der Waals surface area contributed by atoms with E-state index in [2.05, 4.69) is 0 Å². The highest BCUT2D eigenvalue weighted by molar-refractivity contribution is 7.98. The number of methoxy groups -OCH3 is 2. The van der Waals surface area contributed by atoms with Crippen LogP contribution in [-0.4, -0.2) is 27.0 Å². The van der Waals surface area contributed by atoms with Crippen LogP contribution in [0, 0.1) is 0 Å². The summed E-state index contributed by atoms with van der Waals surface area (Å²) in [6.45, 7) is -2.54. The lowest BCUT2D eigenvalue weighted by molar-refractivity contribution is 0.390. The van der Waals surface area contributed by atoms with Crippen LogP contribution in [0.5, 0.6) is 11.5 Å². The van der Waals surface area contributed by atoms with Crippen molar-refractivity contribution in [3.05, 3.63) is 17.7 Å².